The minimum Gasteiger partial charge on any atom is -0.393 e. The first-order valence-electron chi connectivity index (χ1n) is 5.88. The van der Waals surface area contributed by atoms with Crippen molar-refractivity contribution >= 4 is 27.3 Å². The van der Waals surface area contributed by atoms with Crippen molar-refractivity contribution in [2.24, 2.45) is 0 Å². The van der Waals surface area contributed by atoms with Crippen molar-refractivity contribution in [3.05, 3.63) is 33.9 Å². The van der Waals surface area contributed by atoms with Gasteiger partial charge in [0.15, 0.2) is 0 Å². The summed E-state index contributed by atoms with van der Waals surface area (Å²) in [5, 5.41) is 13.2. The van der Waals surface area contributed by atoms with Crippen LogP contribution in [0.4, 0.5) is 11.4 Å². The number of benzene rings is 1. The third-order valence-corrected chi connectivity index (χ3v) is 4.53. The molecule has 1 rings (SSSR count). The molecule has 0 bridgehead atoms. The van der Waals surface area contributed by atoms with Gasteiger partial charge in [-0.15, -0.1) is 0 Å². The van der Waals surface area contributed by atoms with Crippen LogP contribution >= 0.6 is 0 Å². The molecule has 0 saturated carbocycles. The molecular weight excluding hydrogens is 300 g/mol. The first-order chi connectivity index (χ1) is 9.66. The number of para-hydroxylation sites is 1. The van der Waals surface area contributed by atoms with Gasteiger partial charge in [0.25, 0.3) is 5.91 Å². The summed E-state index contributed by atoms with van der Waals surface area (Å²) in [6, 6.07) is 3.98. The van der Waals surface area contributed by atoms with Crippen LogP contribution in [0.3, 0.4) is 0 Å². The molecular formula is C11H16N4O5S. The predicted molar refractivity (Wildman–Crippen MR) is 77.3 cm³/mol. The Morgan fingerprint density at radius 2 is 2.05 bits per heavy atom. The van der Waals surface area contributed by atoms with E-state index >= 15 is 0 Å². The summed E-state index contributed by atoms with van der Waals surface area (Å²) in [5.41, 5.74) is 4.64. The maximum Gasteiger partial charge on any atom is 0.304 e. The molecule has 1 aromatic rings. The van der Waals surface area contributed by atoms with E-state index in [0.717, 1.165) is 4.31 Å². The number of carbonyl (C=O) groups excluding carboxylic acids is 1. The van der Waals surface area contributed by atoms with Crippen molar-refractivity contribution in [2.45, 2.75) is 0 Å². The van der Waals surface area contributed by atoms with Gasteiger partial charge in [-0.2, -0.15) is 0 Å². The van der Waals surface area contributed by atoms with Crippen molar-refractivity contribution in [1.29, 1.82) is 0 Å². The lowest BCUT2D eigenvalue weighted by Crippen LogP contribution is -2.34. The van der Waals surface area contributed by atoms with Crippen LogP contribution in [0.2, 0.25) is 0 Å². The molecule has 0 heterocycles. The molecule has 0 aliphatic rings. The van der Waals surface area contributed by atoms with Crippen LogP contribution in [0, 0.1) is 10.1 Å². The molecule has 1 amide bonds. The molecule has 0 spiro atoms. The maximum absolute atomic E-state index is 11.9. The number of nitrogens with two attached hydrogens (primary N) is 1. The number of sulfonamides is 1. The third kappa shape index (κ3) is 4.13. The van der Waals surface area contributed by atoms with Gasteiger partial charge in [0.05, 0.1) is 10.7 Å². The standard InChI is InChI=1S/C11H16N4O5S/c1-14(2)21(19,20)7-6-13-11(16)8-4-3-5-9(12)10(8)15(17)18/h3-5H,6-7,12H2,1-2H3,(H,13,16). The number of anilines is 1. The Kier molecular flexibility index (Phi) is 5.22. The van der Waals surface area contributed by atoms with Gasteiger partial charge in [-0.3, -0.25) is 14.9 Å². The van der Waals surface area contributed by atoms with Crippen LogP contribution in [-0.2, 0) is 10.0 Å². The highest BCUT2D eigenvalue weighted by atomic mass is 32.2. The van der Waals surface area contributed by atoms with E-state index in [1.165, 1.54) is 32.3 Å². The number of amides is 1. The lowest BCUT2D eigenvalue weighted by Gasteiger charge is -2.11. The van der Waals surface area contributed by atoms with Gasteiger partial charge < -0.3 is 11.1 Å². The minimum atomic E-state index is -3.45. The number of hydrogen-bond acceptors (Lipinski definition) is 6. The summed E-state index contributed by atoms with van der Waals surface area (Å²) in [7, 11) is -0.701. The van der Waals surface area contributed by atoms with Crippen molar-refractivity contribution in [3.8, 4) is 0 Å². The highest BCUT2D eigenvalue weighted by Gasteiger charge is 2.23. The highest BCUT2D eigenvalue weighted by Crippen LogP contribution is 2.25. The molecule has 0 radical (unpaired) electrons. The van der Waals surface area contributed by atoms with Crippen molar-refractivity contribution in [1.82, 2.24) is 9.62 Å². The lowest BCUT2D eigenvalue weighted by atomic mass is 10.1. The second kappa shape index (κ2) is 6.50. The molecule has 0 saturated heterocycles. The quantitative estimate of drug-likeness (QED) is 0.424. The Morgan fingerprint density at radius 1 is 1.43 bits per heavy atom. The smallest absolute Gasteiger partial charge is 0.304 e. The highest BCUT2D eigenvalue weighted by molar-refractivity contribution is 7.89. The van der Waals surface area contributed by atoms with E-state index in [9.17, 15) is 23.3 Å². The number of nitro groups is 1. The van der Waals surface area contributed by atoms with Gasteiger partial charge in [-0.25, -0.2) is 12.7 Å². The second-order valence-corrected chi connectivity index (χ2v) is 6.66. The normalized spacial score (nSPS) is 11.4. The second-order valence-electron chi connectivity index (χ2n) is 4.35. The van der Waals surface area contributed by atoms with E-state index in [0.29, 0.717) is 0 Å². The monoisotopic (exact) mass is 316 g/mol. The predicted octanol–water partition coefficient (Wildman–Crippen LogP) is -0.202. The van der Waals surface area contributed by atoms with Crippen molar-refractivity contribution in [3.63, 3.8) is 0 Å². The van der Waals surface area contributed by atoms with E-state index in [1.54, 1.807) is 0 Å². The molecule has 10 heteroatoms. The molecule has 21 heavy (non-hydrogen) atoms. The van der Waals surface area contributed by atoms with Crippen LogP contribution in [0.5, 0.6) is 0 Å². The van der Waals surface area contributed by atoms with Gasteiger partial charge >= 0.3 is 5.69 Å². The number of nitrogens with zero attached hydrogens (tertiary/aromatic N) is 2. The first kappa shape index (κ1) is 16.9. The first-order valence-corrected chi connectivity index (χ1v) is 7.49. The van der Waals surface area contributed by atoms with Gasteiger partial charge in [0, 0.05) is 20.6 Å². The summed E-state index contributed by atoms with van der Waals surface area (Å²) >= 11 is 0. The van der Waals surface area contributed by atoms with Crippen LogP contribution in [0.25, 0.3) is 0 Å². The average Bonchev–Trinajstić information content (AvgIpc) is 2.37. The van der Waals surface area contributed by atoms with E-state index in [1.807, 2.05) is 0 Å². The number of nitrogen functional groups attached to an aromatic ring is 1. The number of carbonyl (C=O) groups is 1. The molecule has 0 atom stereocenters. The number of nitrogens with one attached hydrogen (secondary N) is 1. The molecule has 0 aliphatic carbocycles. The largest absolute Gasteiger partial charge is 0.393 e. The molecule has 0 fully saturated rings. The van der Waals surface area contributed by atoms with Crippen molar-refractivity contribution in [2.75, 3.05) is 32.1 Å². The lowest BCUT2D eigenvalue weighted by molar-refractivity contribution is -0.384. The van der Waals surface area contributed by atoms with Gasteiger partial charge in [-0.05, 0) is 12.1 Å². The molecule has 0 unspecified atom stereocenters. The Morgan fingerprint density at radius 3 is 2.57 bits per heavy atom. The van der Waals surface area contributed by atoms with E-state index < -0.39 is 26.5 Å². The molecule has 3 N–H and O–H groups in total. The maximum atomic E-state index is 11.9. The Balaban J connectivity index is 2.83. The molecule has 1 aromatic carbocycles. The summed E-state index contributed by atoms with van der Waals surface area (Å²) < 4.78 is 24.1. The van der Waals surface area contributed by atoms with E-state index in [4.69, 9.17) is 5.73 Å². The summed E-state index contributed by atoms with van der Waals surface area (Å²) in [5.74, 6) is -1.05. The molecule has 9 nitrogen and oxygen atoms in total. The number of rotatable bonds is 6. The van der Waals surface area contributed by atoms with Gasteiger partial charge in [-0.1, -0.05) is 6.07 Å². The average molecular weight is 316 g/mol. The zero-order valence-electron chi connectivity index (χ0n) is 11.6. The van der Waals surface area contributed by atoms with Crippen LogP contribution in [0.1, 0.15) is 10.4 Å². The van der Waals surface area contributed by atoms with E-state index in [2.05, 4.69) is 5.32 Å². The number of hydrogen-bond donors (Lipinski definition) is 2. The Bertz CT molecular complexity index is 657. The molecule has 116 valence electrons. The van der Waals surface area contributed by atoms with Gasteiger partial charge in [0.2, 0.25) is 10.0 Å². The fourth-order valence-corrected chi connectivity index (χ4v) is 2.24. The summed E-state index contributed by atoms with van der Waals surface area (Å²) in [6.07, 6.45) is 0. The third-order valence-electron chi connectivity index (χ3n) is 2.70. The van der Waals surface area contributed by atoms with Crippen LogP contribution < -0.4 is 11.1 Å². The molecule has 0 aromatic heterocycles. The van der Waals surface area contributed by atoms with Crippen LogP contribution in [0.15, 0.2) is 18.2 Å². The summed E-state index contributed by atoms with van der Waals surface area (Å²) in [4.78, 5) is 22.1. The SMILES string of the molecule is CN(C)S(=O)(=O)CCNC(=O)c1cccc(N)c1[N+](=O)[O-]. The fraction of sp³-hybridized carbons (Fsp3) is 0.364. The summed E-state index contributed by atoms with van der Waals surface area (Å²) in [6.45, 7) is -0.161. The zero-order valence-corrected chi connectivity index (χ0v) is 12.4. The topological polar surface area (TPSA) is 136 Å². The Labute approximate surface area is 121 Å². The van der Waals surface area contributed by atoms with Crippen LogP contribution in [-0.4, -0.2) is 49.9 Å². The fourth-order valence-electron chi connectivity index (χ4n) is 1.52. The Hall–Kier alpha value is -2.20. The van der Waals surface area contributed by atoms with Crippen molar-refractivity contribution < 1.29 is 18.1 Å². The zero-order chi connectivity index (χ0) is 16.2. The molecule has 0 aliphatic heterocycles. The van der Waals surface area contributed by atoms with E-state index in [-0.39, 0.29) is 23.5 Å². The number of nitro benzene ring substituents is 1. The van der Waals surface area contributed by atoms with Gasteiger partial charge in [0.1, 0.15) is 11.3 Å². The minimum absolute atomic E-state index is 0.131.